The van der Waals surface area contributed by atoms with E-state index >= 15 is 0 Å². The summed E-state index contributed by atoms with van der Waals surface area (Å²) in [7, 11) is 0. The molecule has 0 fully saturated rings. The van der Waals surface area contributed by atoms with Gasteiger partial charge in [-0.25, -0.2) is 9.50 Å². The van der Waals surface area contributed by atoms with E-state index in [-0.39, 0.29) is 22.8 Å². The Morgan fingerprint density at radius 3 is 2.77 bits per heavy atom. The van der Waals surface area contributed by atoms with Crippen molar-refractivity contribution in [1.82, 2.24) is 29.9 Å². The van der Waals surface area contributed by atoms with Crippen LogP contribution in [0.25, 0.3) is 27.8 Å². The number of pyridine rings is 1. The average Bonchev–Trinajstić information content (AvgIpc) is 3.42. The molecule has 0 aliphatic heterocycles. The summed E-state index contributed by atoms with van der Waals surface area (Å²) in [6.07, 6.45) is -1.69. The fourth-order valence-corrected chi connectivity index (χ4v) is 3.88. The number of hydrogen-bond donors (Lipinski definition) is 3. The number of aromatic amines is 1. The molecule has 9 nitrogen and oxygen atoms in total. The highest BCUT2D eigenvalue weighted by molar-refractivity contribution is 6.06. The number of ether oxygens (including phenoxy) is 1. The van der Waals surface area contributed by atoms with Crippen LogP contribution in [0.15, 0.2) is 61.1 Å². The lowest BCUT2D eigenvalue weighted by Crippen LogP contribution is -2.28. The van der Waals surface area contributed by atoms with Gasteiger partial charge in [0.15, 0.2) is 5.65 Å². The SMILES string of the molecule is CC(NC(=O)c1cc(-c2ccn3nc(N)nc3c2)cc2[nH]cnc12)c1ccccc1OC(F)(F)F. The lowest BCUT2D eigenvalue weighted by atomic mass is 10.0. The molecule has 0 bridgehead atoms. The zero-order valence-electron chi connectivity index (χ0n) is 18.2. The number of carbonyl (C=O) groups is 1. The number of amides is 1. The van der Waals surface area contributed by atoms with E-state index in [1.807, 2.05) is 6.07 Å². The Morgan fingerprint density at radius 2 is 1.97 bits per heavy atom. The Morgan fingerprint density at radius 1 is 1.17 bits per heavy atom. The van der Waals surface area contributed by atoms with E-state index in [0.29, 0.717) is 22.2 Å². The van der Waals surface area contributed by atoms with Crippen molar-refractivity contribution >= 4 is 28.5 Å². The quantitative estimate of drug-likeness (QED) is 0.345. The lowest BCUT2D eigenvalue weighted by molar-refractivity contribution is -0.275. The monoisotopic (exact) mass is 481 g/mol. The van der Waals surface area contributed by atoms with Crippen LogP contribution in [0, 0.1) is 0 Å². The highest BCUT2D eigenvalue weighted by atomic mass is 19.4. The third kappa shape index (κ3) is 4.45. The first-order chi connectivity index (χ1) is 16.7. The molecule has 3 aromatic heterocycles. The number of H-pyrrole nitrogens is 1. The number of anilines is 1. The predicted octanol–water partition coefficient (Wildman–Crippen LogP) is 4.24. The van der Waals surface area contributed by atoms with Crippen molar-refractivity contribution in [2.75, 3.05) is 5.73 Å². The van der Waals surface area contributed by atoms with Gasteiger partial charge in [-0.2, -0.15) is 4.98 Å². The van der Waals surface area contributed by atoms with E-state index in [1.165, 1.54) is 29.0 Å². The summed E-state index contributed by atoms with van der Waals surface area (Å²) >= 11 is 0. The smallest absolute Gasteiger partial charge is 0.405 e. The van der Waals surface area contributed by atoms with Crippen LogP contribution in [0.3, 0.4) is 0 Å². The zero-order valence-corrected chi connectivity index (χ0v) is 18.2. The second-order valence-electron chi connectivity index (χ2n) is 7.79. The zero-order chi connectivity index (χ0) is 24.7. The van der Waals surface area contributed by atoms with Crippen LogP contribution in [0.2, 0.25) is 0 Å². The Kier molecular flexibility index (Phi) is 5.27. The number of imidazole rings is 1. The predicted molar refractivity (Wildman–Crippen MR) is 121 cm³/mol. The van der Waals surface area contributed by atoms with Gasteiger partial charge in [0.05, 0.1) is 23.4 Å². The van der Waals surface area contributed by atoms with E-state index < -0.39 is 18.3 Å². The number of rotatable bonds is 5. The molecule has 1 amide bonds. The van der Waals surface area contributed by atoms with Gasteiger partial charge in [-0.3, -0.25) is 4.79 Å². The molecule has 0 radical (unpaired) electrons. The first kappa shape index (κ1) is 22.2. The fraction of sp³-hybridized carbons (Fsp3) is 0.130. The van der Waals surface area contributed by atoms with Gasteiger partial charge in [-0.15, -0.1) is 18.3 Å². The highest BCUT2D eigenvalue weighted by Gasteiger charge is 2.32. The summed E-state index contributed by atoms with van der Waals surface area (Å²) < 4.78 is 44.1. The topological polar surface area (TPSA) is 123 Å². The van der Waals surface area contributed by atoms with Gasteiger partial charge in [-0.1, -0.05) is 18.2 Å². The molecule has 1 atom stereocenters. The van der Waals surface area contributed by atoms with Gasteiger partial charge in [0, 0.05) is 11.8 Å². The number of nitrogens with one attached hydrogen (secondary N) is 2. The van der Waals surface area contributed by atoms with Crippen molar-refractivity contribution < 1.29 is 22.7 Å². The number of nitrogen functional groups attached to an aromatic ring is 1. The maximum atomic E-state index is 13.3. The number of nitrogens with zero attached hydrogens (tertiary/aromatic N) is 4. The van der Waals surface area contributed by atoms with Crippen molar-refractivity contribution in [2.24, 2.45) is 0 Å². The molecule has 3 heterocycles. The molecule has 0 saturated carbocycles. The Bertz CT molecular complexity index is 1560. The van der Waals surface area contributed by atoms with Crippen LogP contribution in [0.5, 0.6) is 5.75 Å². The van der Waals surface area contributed by atoms with E-state index in [4.69, 9.17) is 5.73 Å². The second-order valence-corrected chi connectivity index (χ2v) is 7.79. The van der Waals surface area contributed by atoms with Gasteiger partial charge in [0.25, 0.3) is 5.91 Å². The molecule has 0 aliphatic carbocycles. The number of alkyl halides is 3. The number of para-hydroxylation sites is 1. The third-order valence-electron chi connectivity index (χ3n) is 5.41. The van der Waals surface area contributed by atoms with Crippen LogP contribution >= 0.6 is 0 Å². The minimum Gasteiger partial charge on any atom is -0.405 e. The van der Waals surface area contributed by atoms with Gasteiger partial charge < -0.3 is 20.8 Å². The minimum atomic E-state index is -4.86. The normalized spacial score (nSPS) is 12.7. The number of nitrogens with two attached hydrogens (primary N) is 1. The number of fused-ring (bicyclic) bond motifs is 2. The Balaban J connectivity index is 1.49. The highest BCUT2D eigenvalue weighted by Crippen LogP contribution is 2.31. The maximum Gasteiger partial charge on any atom is 0.573 e. The van der Waals surface area contributed by atoms with E-state index in [9.17, 15) is 18.0 Å². The van der Waals surface area contributed by atoms with Crippen molar-refractivity contribution in [3.8, 4) is 16.9 Å². The summed E-state index contributed by atoms with van der Waals surface area (Å²) in [4.78, 5) is 24.7. The molecule has 1 unspecified atom stereocenters. The summed E-state index contributed by atoms with van der Waals surface area (Å²) in [5.41, 5.74) is 9.12. The van der Waals surface area contributed by atoms with E-state index in [0.717, 1.165) is 5.56 Å². The van der Waals surface area contributed by atoms with Gasteiger partial charge >= 0.3 is 6.36 Å². The molecule has 2 aromatic carbocycles. The number of hydrogen-bond acceptors (Lipinski definition) is 6. The molecular formula is C23H18F3N7O2. The fourth-order valence-electron chi connectivity index (χ4n) is 3.88. The van der Waals surface area contributed by atoms with Crippen LogP contribution in [-0.4, -0.2) is 36.8 Å². The van der Waals surface area contributed by atoms with Crippen molar-refractivity contribution in [2.45, 2.75) is 19.3 Å². The molecule has 178 valence electrons. The molecule has 0 spiro atoms. The largest absolute Gasteiger partial charge is 0.573 e. The van der Waals surface area contributed by atoms with Crippen LogP contribution in [0.4, 0.5) is 19.1 Å². The summed E-state index contributed by atoms with van der Waals surface area (Å²) in [5, 5.41) is 6.80. The van der Waals surface area contributed by atoms with Crippen LogP contribution in [0.1, 0.15) is 28.9 Å². The van der Waals surface area contributed by atoms with Gasteiger partial charge in [0.2, 0.25) is 5.95 Å². The first-order valence-electron chi connectivity index (χ1n) is 10.4. The average molecular weight is 481 g/mol. The lowest BCUT2D eigenvalue weighted by Gasteiger charge is -2.19. The molecule has 5 rings (SSSR count). The molecular weight excluding hydrogens is 463 g/mol. The van der Waals surface area contributed by atoms with E-state index in [2.05, 4.69) is 30.1 Å². The number of aromatic nitrogens is 5. The third-order valence-corrected chi connectivity index (χ3v) is 5.41. The Labute approximate surface area is 195 Å². The number of halogens is 3. The summed E-state index contributed by atoms with van der Waals surface area (Å²) in [6, 6.07) is 11.9. The number of benzene rings is 2. The molecule has 4 N–H and O–H groups in total. The molecule has 5 aromatic rings. The summed E-state index contributed by atoms with van der Waals surface area (Å²) in [5.74, 6) is -0.756. The first-order valence-corrected chi connectivity index (χ1v) is 10.4. The van der Waals surface area contributed by atoms with E-state index in [1.54, 1.807) is 37.4 Å². The van der Waals surface area contributed by atoms with Crippen molar-refractivity contribution in [3.63, 3.8) is 0 Å². The molecule has 0 aliphatic rings. The summed E-state index contributed by atoms with van der Waals surface area (Å²) in [6.45, 7) is 1.58. The van der Waals surface area contributed by atoms with Crippen molar-refractivity contribution in [1.29, 1.82) is 0 Å². The Hall–Kier alpha value is -4.61. The minimum absolute atomic E-state index is 0.134. The number of carbonyl (C=O) groups excluding carboxylic acids is 1. The standard InChI is InChI=1S/C23H18F3N7O2/c1-12(15-4-2-3-5-18(15)35-23(24,25)26)30-21(34)16-8-14(9-17-20(16)29-11-28-17)13-6-7-33-19(10-13)31-22(27)32-33/h2-12H,1H3,(H2,27,32)(H,28,29)(H,30,34). The molecule has 35 heavy (non-hydrogen) atoms. The van der Waals surface area contributed by atoms with Crippen LogP contribution < -0.4 is 15.8 Å². The van der Waals surface area contributed by atoms with Crippen LogP contribution in [-0.2, 0) is 0 Å². The molecule has 12 heteroatoms. The molecule has 0 saturated heterocycles. The second kappa shape index (κ2) is 8.31. The van der Waals surface area contributed by atoms with Crippen molar-refractivity contribution in [3.05, 3.63) is 72.2 Å². The maximum absolute atomic E-state index is 13.3. The van der Waals surface area contributed by atoms with Gasteiger partial charge in [-0.05, 0) is 48.4 Å². The van der Waals surface area contributed by atoms with Gasteiger partial charge in [0.1, 0.15) is 11.3 Å².